The van der Waals surface area contributed by atoms with Crippen molar-refractivity contribution in [3.63, 3.8) is 0 Å². The first-order valence-corrected chi connectivity index (χ1v) is 5.71. The lowest BCUT2D eigenvalue weighted by Gasteiger charge is -2.25. The summed E-state index contributed by atoms with van der Waals surface area (Å²) in [6, 6.07) is 4.80. The summed E-state index contributed by atoms with van der Waals surface area (Å²) in [5.41, 5.74) is 7.58. The van der Waals surface area contributed by atoms with Crippen LogP contribution in [-0.2, 0) is 4.79 Å². The van der Waals surface area contributed by atoms with Crippen LogP contribution in [0.25, 0.3) is 0 Å². The van der Waals surface area contributed by atoms with E-state index in [0.29, 0.717) is 11.3 Å². The number of carbonyl (C=O) groups is 2. The largest absolute Gasteiger partial charge is 0.480 e. The second kappa shape index (κ2) is 5.53. The highest BCUT2D eigenvalue weighted by Crippen LogP contribution is 2.15. The molecular weight excluding hydrogens is 232 g/mol. The molecule has 0 saturated carbocycles. The standard InChI is InChI=1S/C13H18N2O3/c1-8(2)15(7-12(16)17)13(18)10-5-4-9(3)11(14)6-10/h4-6,8H,7,14H2,1-3H3,(H,16,17). The third-order valence-electron chi connectivity index (χ3n) is 2.72. The number of hydrogen-bond donors (Lipinski definition) is 2. The number of carboxylic acids is 1. The van der Waals surface area contributed by atoms with E-state index in [-0.39, 0.29) is 18.5 Å². The molecule has 1 amide bonds. The van der Waals surface area contributed by atoms with Crippen molar-refractivity contribution in [1.82, 2.24) is 4.90 Å². The van der Waals surface area contributed by atoms with Gasteiger partial charge in [-0.15, -0.1) is 0 Å². The van der Waals surface area contributed by atoms with E-state index < -0.39 is 5.97 Å². The number of aryl methyl sites for hydroxylation is 1. The Labute approximate surface area is 106 Å². The zero-order valence-corrected chi connectivity index (χ0v) is 10.8. The fraction of sp³-hybridized carbons (Fsp3) is 0.385. The highest BCUT2D eigenvalue weighted by atomic mass is 16.4. The molecular formula is C13H18N2O3. The van der Waals surface area contributed by atoms with Crippen LogP contribution in [0.5, 0.6) is 0 Å². The molecule has 5 heteroatoms. The number of nitrogens with zero attached hydrogens (tertiary/aromatic N) is 1. The molecule has 0 heterocycles. The van der Waals surface area contributed by atoms with E-state index in [1.807, 2.05) is 6.92 Å². The molecule has 5 nitrogen and oxygen atoms in total. The molecule has 0 unspecified atom stereocenters. The lowest BCUT2D eigenvalue weighted by Crippen LogP contribution is -2.40. The fourth-order valence-electron chi connectivity index (χ4n) is 1.57. The number of hydrogen-bond acceptors (Lipinski definition) is 3. The molecule has 0 aliphatic rings. The van der Waals surface area contributed by atoms with E-state index in [1.165, 1.54) is 4.90 Å². The van der Waals surface area contributed by atoms with Crippen LogP contribution in [0.2, 0.25) is 0 Å². The zero-order chi connectivity index (χ0) is 13.9. The molecule has 1 rings (SSSR count). The highest BCUT2D eigenvalue weighted by Gasteiger charge is 2.21. The van der Waals surface area contributed by atoms with Gasteiger partial charge in [0.05, 0.1) is 0 Å². The van der Waals surface area contributed by atoms with Crippen molar-refractivity contribution in [1.29, 1.82) is 0 Å². The van der Waals surface area contributed by atoms with Gasteiger partial charge in [0.25, 0.3) is 5.91 Å². The van der Waals surface area contributed by atoms with E-state index in [4.69, 9.17) is 10.8 Å². The molecule has 0 aliphatic heterocycles. The summed E-state index contributed by atoms with van der Waals surface area (Å²) in [6.07, 6.45) is 0. The molecule has 0 bridgehead atoms. The van der Waals surface area contributed by atoms with Crippen molar-refractivity contribution in [2.24, 2.45) is 0 Å². The van der Waals surface area contributed by atoms with Gasteiger partial charge in [-0.25, -0.2) is 0 Å². The monoisotopic (exact) mass is 250 g/mol. The Morgan fingerprint density at radius 3 is 2.44 bits per heavy atom. The van der Waals surface area contributed by atoms with Crippen LogP contribution in [0.4, 0.5) is 5.69 Å². The van der Waals surface area contributed by atoms with Gasteiger partial charge in [-0.2, -0.15) is 0 Å². The summed E-state index contributed by atoms with van der Waals surface area (Å²) in [5.74, 6) is -1.35. The normalized spacial score (nSPS) is 10.4. The van der Waals surface area contributed by atoms with Crippen LogP contribution < -0.4 is 5.73 Å². The summed E-state index contributed by atoms with van der Waals surface area (Å²) in [5, 5.41) is 8.81. The maximum Gasteiger partial charge on any atom is 0.323 e. The average molecular weight is 250 g/mol. The third kappa shape index (κ3) is 3.23. The Hall–Kier alpha value is -2.04. The van der Waals surface area contributed by atoms with Crippen LogP contribution >= 0.6 is 0 Å². The first-order chi connectivity index (χ1) is 8.32. The van der Waals surface area contributed by atoms with Crippen LogP contribution in [0, 0.1) is 6.92 Å². The maximum absolute atomic E-state index is 12.2. The molecule has 0 saturated heterocycles. The highest BCUT2D eigenvalue weighted by molar-refractivity contribution is 5.96. The average Bonchev–Trinajstić information content (AvgIpc) is 2.28. The number of carbonyl (C=O) groups excluding carboxylic acids is 1. The summed E-state index contributed by atoms with van der Waals surface area (Å²) in [4.78, 5) is 24.2. The minimum absolute atomic E-state index is 0.184. The maximum atomic E-state index is 12.2. The Balaban J connectivity index is 3.02. The molecule has 0 atom stereocenters. The zero-order valence-electron chi connectivity index (χ0n) is 10.8. The van der Waals surface area contributed by atoms with E-state index in [2.05, 4.69) is 0 Å². The number of benzene rings is 1. The number of aliphatic carboxylic acids is 1. The summed E-state index contributed by atoms with van der Waals surface area (Å²) < 4.78 is 0. The first kappa shape index (κ1) is 14.0. The lowest BCUT2D eigenvalue weighted by atomic mass is 10.1. The number of anilines is 1. The van der Waals surface area contributed by atoms with Crippen molar-refractivity contribution in [3.8, 4) is 0 Å². The van der Waals surface area contributed by atoms with Crippen LogP contribution in [0.1, 0.15) is 29.8 Å². The first-order valence-electron chi connectivity index (χ1n) is 5.71. The predicted molar refractivity (Wildman–Crippen MR) is 69.4 cm³/mol. The smallest absolute Gasteiger partial charge is 0.323 e. The molecule has 0 radical (unpaired) electrons. The Morgan fingerprint density at radius 2 is 2.00 bits per heavy atom. The van der Waals surface area contributed by atoms with Gasteiger partial charge in [0.15, 0.2) is 0 Å². The number of rotatable bonds is 4. The third-order valence-corrected chi connectivity index (χ3v) is 2.72. The summed E-state index contributed by atoms with van der Waals surface area (Å²) in [7, 11) is 0. The van der Waals surface area contributed by atoms with Gasteiger partial charge in [-0.1, -0.05) is 6.07 Å². The molecule has 0 spiro atoms. The van der Waals surface area contributed by atoms with E-state index >= 15 is 0 Å². The van der Waals surface area contributed by atoms with Crippen LogP contribution in [0.15, 0.2) is 18.2 Å². The second-order valence-electron chi connectivity index (χ2n) is 4.49. The topological polar surface area (TPSA) is 83.6 Å². The van der Waals surface area contributed by atoms with Crippen LogP contribution in [0.3, 0.4) is 0 Å². The summed E-state index contributed by atoms with van der Waals surface area (Å²) >= 11 is 0. The molecule has 1 aromatic rings. The van der Waals surface area contributed by atoms with Gasteiger partial charge < -0.3 is 15.7 Å². The Bertz CT molecular complexity index is 469. The Kier molecular flexibility index (Phi) is 4.31. The van der Waals surface area contributed by atoms with Crippen molar-refractivity contribution in [2.75, 3.05) is 12.3 Å². The van der Waals surface area contributed by atoms with Crippen molar-refractivity contribution >= 4 is 17.6 Å². The van der Waals surface area contributed by atoms with Gasteiger partial charge in [0.2, 0.25) is 0 Å². The van der Waals surface area contributed by atoms with E-state index in [0.717, 1.165) is 5.56 Å². The molecule has 98 valence electrons. The SMILES string of the molecule is Cc1ccc(C(=O)N(CC(=O)O)C(C)C)cc1N. The minimum Gasteiger partial charge on any atom is -0.480 e. The van der Waals surface area contributed by atoms with Gasteiger partial charge in [0, 0.05) is 17.3 Å². The van der Waals surface area contributed by atoms with Gasteiger partial charge in [0.1, 0.15) is 6.54 Å². The molecule has 1 aromatic carbocycles. The fourth-order valence-corrected chi connectivity index (χ4v) is 1.57. The van der Waals surface area contributed by atoms with Gasteiger partial charge in [-0.3, -0.25) is 9.59 Å². The van der Waals surface area contributed by atoms with Gasteiger partial charge in [-0.05, 0) is 38.5 Å². The molecule has 3 N–H and O–H groups in total. The summed E-state index contributed by atoms with van der Waals surface area (Å²) in [6.45, 7) is 5.09. The molecule has 0 aromatic heterocycles. The van der Waals surface area contributed by atoms with E-state index in [1.54, 1.807) is 32.0 Å². The predicted octanol–water partition coefficient (Wildman–Crippen LogP) is 1.51. The van der Waals surface area contributed by atoms with E-state index in [9.17, 15) is 9.59 Å². The van der Waals surface area contributed by atoms with Crippen molar-refractivity contribution in [2.45, 2.75) is 26.8 Å². The Morgan fingerprint density at radius 1 is 1.39 bits per heavy atom. The molecule has 18 heavy (non-hydrogen) atoms. The van der Waals surface area contributed by atoms with Crippen molar-refractivity contribution in [3.05, 3.63) is 29.3 Å². The number of amides is 1. The number of nitrogen functional groups attached to an aromatic ring is 1. The number of nitrogens with two attached hydrogens (primary N) is 1. The minimum atomic E-state index is -1.03. The number of carboxylic acid groups (broad SMARTS) is 1. The molecule has 0 fully saturated rings. The second-order valence-corrected chi connectivity index (χ2v) is 4.49. The molecule has 0 aliphatic carbocycles. The lowest BCUT2D eigenvalue weighted by molar-refractivity contribution is -0.138. The van der Waals surface area contributed by atoms with Gasteiger partial charge >= 0.3 is 5.97 Å². The van der Waals surface area contributed by atoms with Crippen LogP contribution in [-0.4, -0.2) is 34.5 Å². The quantitative estimate of drug-likeness (QED) is 0.793. The van der Waals surface area contributed by atoms with Crippen molar-refractivity contribution < 1.29 is 14.7 Å².